The highest BCUT2D eigenvalue weighted by molar-refractivity contribution is 5.16. The Balaban J connectivity index is 1.54. The van der Waals surface area contributed by atoms with Crippen LogP contribution in [0.2, 0.25) is 0 Å². The Kier molecular flexibility index (Phi) is 4.25. The zero-order chi connectivity index (χ0) is 14.7. The van der Waals surface area contributed by atoms with E-state index in [0.29, 0.717) is 5.92 Å². The highest BCUT2D eigenvalue weighted by Gasteiger charge is 2.25. The number of halogens is 1. The molecule has 2 aromatic rings. The highest BCUT2D eigenvalue weighted by atomic mass is 19.1. The van der Waals surface area contributed by atoms with Crippen LogP contribution in [-0.4, -0.2) is 34.5 Å². The minimum Gasteiger partial charge on any atom is -0.302 e. The molecule has 0 unspecified atom stereocenters. The molecule has 0 amide bonds. The van der Waals surface area contributed by atoms with E-state index in [1.807, 2.05) is 31.3 Å². The van der Waals surface area contributed by atoms with E-state index >= 15 is 0 Å². The van der Waals surface area contributed by atoms with Gasteiger partial charge in [0.2, 0.25) is 0 Å². The molecule has 1 saturated heterocycles. The van der Waals surface area contributed by atoms with E-state index in [0.717, 1.165) is 44.0 Å². The Morgan fingerprint density at radius 1 is 1.24 bits per heavy atom. The molecule has 1 atom stereocenters. The first-order chi connectivity index (χ1) is 10.2. The second kappa shape index (κ2) is 6.31. The number of aryl methyl sites for hydroxylation is 1. The van der Waals surface area contributed by atoms with Crippen molar-refractivity contribution < 1.29 is 4.39 Å². The van der Waals surface area contributed by atoms with Crippen LogP contribution in [0.15, 0.2) is 36.5 Å². The maximum atomic E-state index is 12.9. The summed E-state index contributed by atoms with van der Waals surface area (Å²) in [4.78, 5) is 11.4. The number of aromatic nitrogens is 2. The number of likely N-dealkylation sites (tertiary alicyclic amines) is 1. The lowest BCUT2D eigenvalue weighted by molar-refractivity contribution is 0.337. The van der Waals surface area contributed by atoms with Crippen molar-refractivity contribution in [1.29, 1.82) is 0 Å². The van der Waals surface area contributed by atoms with Crippen LogP contribution in [0.3, 0.4) is 0 Å². The third-order valence-corrected chi connectivity index (χ3v) is 4.08. The fraction of sp³-hybridized carbons (Fsp3) is 0.412. The molecule has 3 rings (SSSR count). The Hall–Kier alpha value is -1.81. The fourth-order valence-electron chi connectivity index (χ4n) is 2.85. The number of hydrogen-bond donors (Lipinski definition) is 0. The predicted molar refractivity (Wildman–Crippen MR) is 80.7 cm³/mol. The van der Waals surface area contributed by atoms with Gasteiger partial charge in [-0.1, -0.05) is 12.1 Å². The standard InChI is InChI=1S/C17H20FN3/c1-13-6-9-19-17(20-13)15-8-11-21(12-15)10-7-14-2-4-16(18)5-3-14/h2-6,9,15H,7-8,10-12H2,1H3/t15-/m1/s1. The molecule has 1 fully saturated rings. The maximum Gasteiger partial charge on any atom is 0.132 e. The average Bonchev–Trinajstić information content (AvgIpc) is 2.96. The molecule has 21 heavy (non-hydrogen) atoms. The van der Waals surface area contributed by atoms with Crippen molar-refractivity contribution in [3.8, 4) is 0 Å². The fourth-order valence-corrected chi connectivity index (χ4v) is 2.85. The molecule has 4 heteroatoms. The van der Waals surface area contributed by atoms with Crippen molar-refractivity contribution in [2.75, 3.05) is 19.6 Å². The van der Waals surface area contributed by atoms with Crippen molar-refractivity contribution in [2.45, 2.75) is 25.7 Å². The average molecular weight is 285 g/mol. The summed E-state index contributed by atoms with van der Waals surface area (Å²) in [6.45, 7) is 5.12. The summed E-state index contributed by atoms with van der Waals surface area (Å²) in [5, 5.41) is 0. The van der Waals surface area contributed by atoms with Crippen LogP contribution in [-0.2, 0) is 6.42 Å². The van der Waals surface area contributed by atoms with Gasteiger partial charge in [0.05, 0.1) is 0 Å². The minimum absolute atomic E-state index is 0.170. The van der Waals surface area contributed by atoms with Gasteiger partial charge in [0.25, 0.3) is 0 Å². The summed E-state index contributed by atoms with van der Waals surface area (Å²) in [6, 6.07) is 8.73. The molecule has 3 nitrogen and oxygen atoms in total. The number of rotatable bonds is 4. The molecule has 0 spiro atoms. The molecule has 0 aliphatic carbocycles. The van der Waals surface area contributed by atoms with Gasteiger partial charge in [0, 0.05) is 30.9 Å². The molecule has 0 saturated carbocycles. The Morgan fingerprint density at radius 3 is 2.81 bits per heavy atom. The number of hydrogen-bond acceptors (Lipinski definition) is 3. The van der Waals surface area contributed by atoms with Gasteiger partial charge in [0.1, 0.15) is 11.6 Å². The van der Waals surface area contributed by atoms with E-state index < -0.39 is 0 Å². The molecule has 1 aliphatic rings. The second-order valence-electron chi connectivity index (χ2n) is 5.72. The molecule has 2 heterocycles. The van der Waals surface area contributed by atoms with E-state index in [9.17, 15) is 4.39 Å². The van der Waals surface area contributed by atoms with Gasteiger partial charge in [-0.15, -0.1) is 0 Å². The molecule has 1 aliphatic heterocycles. The van der Waals surface area contributed by atoms with Crippen LogP contribution in [0.25, 0.3) is 0 Å². The van der Waals surface area contributed by atoms with E-state index in [4.69, 9.17) is 0 Å². The van der Waals surface area contributed by atoms with Crippen molar-refractivity contribution in [3.63, 3.8) is 0 Å². The molecule has 110 valence electrons. The van der Waals surface area contributed by atoms with E-state index in [1.54, 1.807) is 0 Å². The van der Waals surface area contributed by atoms with Gasteiger partial charge in [-0.05, 0) is 50.1 Å². The van der Waals surface area contributed by atoms with Crippen molar-refractivity contribution in [3.05, 3.63) is 59.4 Å². The zero-order valence-electron chi connectivity index (χ0n) is 12.3. The van der Waals surface area contributed by atoms with E-state index in [1.165, 1.54) is 17.7 Å². The van der Waals surface area contributed by atoms with E-state index in [-0.39, 0.29) is 5.82 Å². The highest BCUT2D eigenvalue weighted by Crippen LogP contribution is 2.24. The largest absolute Gasteiger partial charge is 0.302 e. The first-order valence-corrected chi connectivity index (χ1v) is 7.47. The lowest BCUT2D eigenvalue weighted by Crippen LogP contribution is -2.23. The molecular weight excluding hydrogens is 265 g/mol. The molecule has 0 radical (unpaired) electrons. The minimum atomic E-state index is -0.170. The first-order valence-electron chi connectivity index (χ1n) is 7.47. The Morgan fingerprint density at radius 2 is 2.05 bits per heavy atom. The predicted octanol–water partition coefficient (Wildman–Crippen LogP) is 2.96. The molecule has 0 N–H and O–H groups in total. The zero-order valence-corrected chi connectivity index (χ0v) is 12.3. The van der Waals surface area contributed by atoms with Crippen molar-refractivity contribution in [1.82, 2.24) is 14.9 Å². The Labute approximate surface area is 124 Å². The topological polar surface area (TPSA) is 29.0 Å². The third kappa shape index (κ3) is 3.64. The van der Waals surface area contributed by atoms with E-state index in [2.05, 4.69) is 14.9 Å². The summed E-state index contributed by atoms with van der Waals surface area (Å²) in [5.74, 6) is 1.24. The van der Waals surface area contributed by atoms with Crippen LogP contribution >= 0.6 is 0 Å². The summed E-state index contributed by atoms with van der Waals surface area (Å²) in [6.07, 6.45) is 3.92. The SMILES string of the molecule is Cc1ccnc([C@@H]2CCN(CCc3ccc(F)cc3)C2)n1. The summed E-state index contributed by atoms with van der Waals surface area (Å²) in [7, 11) is 0. The van der Waals surface area contributed by atoms with Gasteiger partial charge < -0.3 is 4.90 Å². The smallest absolute Gasteiger partial charge is 0.132 e. The number of nitrogens with zero attached hydrogens (tertiary/aromatic N) is 3. The summed E-state index contributed by atoms with van der Waals surface area (Å²) < 4.78 is 12.9. The van der Waals surface area contributed by atoms with Crippen molar-refractivity contribution in [2.24, 2.45) is 0 Å². The first kappa shape index (κ1) is 14.1. The molecular formula is C17H20FN3. The van der Waals surface area contributed by atoms with Crippen LogP contribution in [0.4, 0.5) is 4.39 Å². The third-order valence-electron chi connectivity index (χ3n) is 4.08. The monoisotopic (exact) mass is 285 g/mol. The van der Waals surface area contributed by atoms with Gasteiger partial charge in [0.15, 0.2) is 0 Å². The summed E-state index contributed by atoms with van der Waals surface area (Å²) in [5.41, 5.74) is 2.22. The molecule has 0 bridgehead atoms. The normalized spacial score (nSPS) is 19.0. The van der Waals surface area contributed by atoms with Crippen LogP contribution in [0.1, 0.15) is 29.4 Å². The number of benzene rings is 1. The Bertz CT molecular complexity index is 597. The van der Waals surface area contributed by atoms with Crippen LogP contribution in [0.5, 0.6) is 0 Å². The van der Waals surface area contributed by atoms with Gasteiger partial charge in [-0.25, -0.2) is 14.4 Å². The quantitative estimate of drug-likeness (QED) is 0.865. The second-order valence-corrected chi connectivity index (χ2v) is 5.72. The van der Waals surface area contributed by atoms with Crippen molar-refractivity contribution >= 4 is 0 Å². The van der Waals surface area contributed by atoms with Crippen LogP contribution < -0.4 is 0 Å². The maximum absolute atomic E-state index is 12.9. The van der Waals surface area contributed by atoms with Crippen LogP contribution in [0, 0.1) is 12.7 Å². The summed E-state index contributed by atoms with van der Waals surface area (Å²) >= 11 is 0. The van der Waals surface area contributed by atoms with Gasteiger partial charge in [-0.2, -0.15) is 0 Å². The molecule has 1 aromatic carbocycles. The van der Waals surface area contributed by atoms with Gasteiger partial charge in [-0.3, -0.25) is 0 Å². The lowest BCUT2D eigenvalue weighted by Gasteiger charge is -2.15. The van der Waals surface area contributed by atoms with Gasteiger partial charge >= 0.3 is 0 Å². The molecule has 1 aromatic heterocycles. The lowest BCUT2D eigenvalue weighted by atomic mass is 10.1.